The lowest BCUT2D eigenvalue weighted by molar-refractivity contribution is 0.156. The summed E-state index contributed by atoms with van der Waals surface area (Å²) in [6.45, 7) is 2.11. The molecule has 1 N–H and O–H groups in total. The lowest BCUT2D eigenvalue weighted by Crippen LogP contribution is -2.17. The maximum absolute atomic E-state index is 11.0. The molecule has 0 aliphatic carbocycles. The van der Waals surface area contributed by atoms with Crippen LogP contribution in [0.25, 0.3) is 6.08 Å². The van der Waals surface area contributed by atoms with E-state index in [4.69, 9.17) is 9.47 Å². The predicted octanol–water partition coefficient (Wildman–Crippen LogP) is 3.17. The van der Waals surface area contributed by atoms with E-state index in [2.05, 4.69) is 21.2 Å². The molecule has 0 unspecified atom stereocenters. The van der Waals surface area contributed by atoms with Crippen LogP contribution in [0.4, 0.5) is 4.79 Å². The Bertz CT molecular complexity index is 418. The Hall–Kier alpha value is -1.49. The number of nitrogens with one attached hydrogen (secondary N) is 1. The minimum Gasteiger partial charge on any atom is -0.496 e. The Labute approximate surface area is 109 Å². The molecular weight excluding hydrogens is 286 g/mol. The summed E-state index contributed by atoms with van der Waals surface area (Å²) in [5.74, 6) is 0.764. The third-order valence-corrected chi connectivity index (χ3v) is 2.55. The van der Waals surface area contributed by atoms with Crippen LogP contribution in [-0.4, -0.2) is 19.8 Å². The van der Waals surface area contributed by atoms with Crippen molar-refractivity contribution in [1.29, 1.82) is 0 Å². The number of carbonyl (C=O) groups excluding carboxylic acids is 1. The first-order valence-corrected chi connectivity index (χ1v) is 5.90. The summed E-state index contributed by atoms with van der Waals surface area (Å²) in [5.41, 5.74) is 0.939. The molecule has 17 heavy (non-hydrogen) atoms. The molecule has 5 heteroatoms. The Morgan fingerprint density at radius 1 is 1.53 bits per heavy atom. The van der Waals surface area contributed by atoms with E-state index >= 15 is 0 Å². The van der Waals surface area contributed by atoms with Gasteiger partial charge in [0.1, 0.15) is 5.75 Å². The first-order valence-electron chi connectivity index (χ1n) is 5.10. The zero-order valence-electron chi connectivity index (χ0n) is 9.70. The molecule has 0 radical (unpaired) electrons. The van der Waals surface area contributed by atoms with Gasteiger partial charge in [0.25, 0.3) is 0 Å². The zero-order chi connectivity index (χ0) is 12.7. The van der Waals surface area contributed by atoms with Crippen LogP contribution in [0.5, 0.6) is 5.75 Å². The molecule has 1 aromatic rings. The number of methoxy groups -OCH3 is 1. The first-order chi connectivity index (χ1) is 8.17. The third-order valence-electron chi connectivity index (χ3n) is 1.93. The summed E-state index contributed by atoms with van der Waals surface area (Å²) in [7, 11) is 1.61. The second-order valence-corrected chi connectivity index (χ2v) is 3.95. The number of carbonyl (C=O) groups is 1. The Balaban J connectivity index is 2.60. The molecule has 4 nitrogen and oxygen atoms in total. The van der Waals surface area contributed by atoms with Crippen LogP contribution in [0.1, 0.15) is 12.5 Å². The summed E-state index contributed by atoms with van der Waals surface area (Å²) < 4.78 is 10.7. The molecule has 0 aromatic heterocycles. The number of amides is 1. The van der Waals surface area contributed by atoms with Gasteiger partial charge in [0.2, 0.25) is 0 Å². The van der Waals surface area contributed by atoms with Gasteiger partial charge in [-0.25, -0.2) is 4.79 Å². The van der Waals surface area contributed by atoms with Gasteiger partial charge in [0.15, 0.2) is 0 Å². The smallest absolute Gasteiger partial charge is 0.411 e. The van der Waals surface area contributed by atoms with E-state index in [-0.39, 0.29) is 0 Å². The Morgan fingerprint density at radius 2 is 2.29 bits per heavy atom. The van der Waals surface area contributed by atoms with E-state index in [1.807, 2.05) is 18.2 Å². The molecule has 0 aliphatic heterocycles. The van der Waals surface area contributed by atoms with Gasteiger partial charge >= 0.3 is 6.09 Å². The van der Waals surface area contributed by atoms with E-state index in [1.165, 1.54) is 6.20 Å². The van der Waals surface area contributed by atoms with Crippen LogP contribution in [0, 0.1) is 0 Å². The van der Waals surface area contributed by atoms with E-state index in [1.54, 1.807) is 20.1 Å². The van der Waals surface area contributed by atoms with Gasteiger partial charge in [-0.1, -0.05) is 6.07 Å². The van der Waals surface area contributed by atoms with E-state index in [9.17, 15) is 4.79 Å². The molecule has 0 heterocycles. The molecule has 92 valence electrons. The molecule has 1 rings (SSSR count). The standard InChI is InChI=1S/C12H14BrNO3/c1-3-17-12(15)14-7-6-9-4-5-11(16-2)10(13)8-9/h4-8H,3H2,1-2H3,(H,14,15)/b7-6+. The topological polar surface area (TPSA) is 47.6 Å². The van der Waals surface area contributed by atoms with Crippen molar-refractivity contribution in [2.24, 2.45) is 0 Å². The fraction of sp³-hybridized carbons (Fsp3) is 0.250. The summed E-state index contributed by atoms with van der Waals surface area (Å²) in [5, 5.41) is 2.49. The number of alkyl carbamates (subject to hydrolysis) is 1. The van der Waals surface area contributed by atoms with Crippen LogP contribution in [-0.2, 0) is 4.74 Å². The average Bonchev–Trinajstić information content (AvgIpc) is 2.29. The minimum atomic E-state index is -0.462. The lowest BCUT2D eigenvalue weighted by atomic mass is 10.2. The second kappa shape index (κ2) is 6.96. The van der Waals surface area contributed by atoms with Gasteiger partial charge in [0, 0.05) is 6.20 Å². The van der Waals surface area contributed by atoms with Crippen molar-refractivity contribution in [3.8, 4) is 5.75 Å². The highest BCUT2D eigenvalue weighted by atomic mass is 79.9. The highest BCUT2D eigenvalue weighted by Crippen LogP contribution is 2.25. The molecular formula is C12H14BrNO3. The highest BCUT2D eigenvalue weighted by Gasteiger charge is 1.99. The monoisotopic (exact) mass is 299 g/mol. The molecule has 1 amide bonds. The van der Waals surface area contributed by atoms with Crippen LogP contribution in [0.2, 0.25) is 0 Å². The normalized spacial score (nSPS) is 10.3. The fourth-order valence-electron chi connectivity index (χ4n) is 1.16. The van der Waals surface area contributed by atoms with Crippen molar-refractivity contribution < 1.29 is 14.3 Å². The first kappa shape index (κ1) is 13.6. The Morgan fingerprint density at radius 3 is 2.88 bits per heavy atom. The fourth-order valence-corrected chi connectivity index (χ4v) is 1.72. The van der Waals surface area contributed by atoms with Crippen molar-refractivity contribution in [2.75, 3.05) is 13.7 Å². The molecule has 0 saturated heterocycles. The number of hydrogen-bond acceptors (Lipinski definition) is 3. The summed E-state index contributed by atoms with van der Waals surface area (Å²) in [4.78, 5) is 11.0. The van der Waals surface area contributed by atoms with E-state index in [0.717, 1.165) is 15.8 Å². The second-order valence-electron chi connectivity index (χ2n) is 3.09. The van der Waals surface area contributed by atoms with Gasteiger partial charge in [-0.3, -0.25) is 5.32 Å². The third kappa shape index (κ3) is 4.48. The Kier molecular flexibility index (Phi) is 5.56. The minimum absolute atomic E-state index is 0.355. The van der Waals surface area contributed by atoms with Crippen LogP contribution in [0.15, 0.2) is 28.9 Å². The average molecular weight is 300 g/mol. The molecule has 0 bridgehead atoms. The number of hydrogen-bond donors (Lipinski definition) is 1. The molecule has 0 spiro atoms. The van der Waals surface area contributed by atoms with Gasteiger partial charge in [-0.15, -0.1) is 0 Å². The van der Waals surface area contributed by atoms with Gasteiger partial charge in [-0.2, -0.15) is 0 Å². The number of benzene rings is 1. The van der Waals surface area contributed by atoms with E-state index in [0.29, 0.717) is 6.61 Å². The maximum Gasteiger partial charge on any atom is 0.411 e. The van der Waals surface area contributed by atoms with Crippen molar-refractivity contribution in [3.63, 3.8) is 0 Å². The number of halogens is 1. The molecule has 0 atom stereocenters. The highest BCUT2D eigenvalue weighted by molar-refractivity contribution is 9.10. The van der Waals surface area contributed by atoms with Crippen LogP contribution in [0.3, 0.4) is 0 Å². The largest absolute Gasteiger partial charge is 0.496 e. The quantitative estimate of drug-likeness (QED) is 0.929. The molecule has 0 saturated carbocycles. The van der Waals surface area contributed by atoms with Crippen LogP contribution < -0.4 is 10.1 Å². The zero-order valence-corrected chi connectivity index (χ0v) is 11.3. The molecule has 0 fully saturated rings. The molecule has 0 aliphatic rings. The lowest BCUT2D eigenvalue weighted by Gasteiger charge is -2.03. The van der Waals surface area contributed by atoms with Gasteiger partial charge in [0.05, 0.1) is 18.2 Å². The molecule has 1 aromatic carbocycles. The van der Waals surface area contributed by atoms with Crippen molar-refractivity contribution in [1.82, 2.24) is 5.32 Å². The summed E-state index contributed by atoms with van der Waals surface area (Å²) in [6, 6.07) is 5.61. The van der Waals surface area contributed by atoms with Gasteiger partial charge < -0.3 is 9.47 Å². The van der Waals surface area contributed by atoms with Crippen molar-refractivity contribution in [3.05, 3.63) is 34.4 Å². The number of ether oxygens (including phenoxy) is 2. The summed E-state index contributed by atoms with van der Waals surface area (Å²) >= 11 is 3.38. The SMILES string of the molecule is CCOC(=O)N/C=C/c1ccc(OC)c(Br)c1. The number of rotatable bonds is 4. The van der Waals surface area contributed by atoms with Gasteiger partial charge in [-0.05, 0) is 46.6 Å². The van der Waals surface area contributed by atoms with Crippen molar-refractivity contribution in [2.45, 2.75) is 6.92 Å². The van der Waals surface area contributed by atoms with E-state index < -0.39 is 6.09 Å². The predicted molar refractivity (Wildman–Crippen MR) is 69.9 cm³/mol. The van der Waals surface area contributed by atoms with Crippen LogP contribution >= 0.6 is 15.9 Å². The maximum atomic E-state index is 11.0. The summed E-state index contributed by atoms with van der Waals surface area (Å²) in [6.07, 6.45) is 2.84. The van der Waals surface area contributed by atoms with Crippen molar-refractivity contribution >= 4 is 28.1 Å².